The predicted octanol–water partition coefficient (Wildman–Crippen LogP) is 2.31. The number of halogens is 1. The van der Waals surface area contributed by atoms with Crippen molar-refractivity contribution in [2.75, 3.05) is 0 Å². The number of carbonyl (C=O) groups excluding carboxylic acids is 1. The van der Waals surface area contributed by atoms with Gasteiger partial charge in [-0.15, -0.1) is 0 Å². The van der Waals surface area contributed by atoms with Gasteiger partial charge in [0.25, 0.3) is 5.91 Å². The summed E-state index contributed by atoms with van der Waals surface area (Å²) in [6.45, 7) is 2.74. The van der Waals surface area contributed by atoms with Crippen LogP contribution in [0.1, 0.15) is 30.3 Å². The van der Waals surface area contributed by atoms with Gasteiger partial charge in [-0.05, 0) is 18.9 Å². The molecule has 0 bridgehead atoms. The average Bonchev–Trinajstić information content (AvgIpc) is 2.97. The number of amides is 1. The Balaban J connectivity index is 2.03. The van der Waals surface area contributed by atoms with E-state index in [1.165, 1.54) is 0 Å². The zero-order chi connectivity index (χ0) is 14.7. The SMILES string of the molecule is CCCn1cc(Cl)cc1C(=O)NC1C=CC(C(=O)O)C1. The highest BCUT2D eigenvalue weighted by Gasteiger charge is 2.26. The molecule has 5 nitrogen and oxygen atoms in total. The normalized spacial score (nSPS) is 21.1. The minimum atomic E-state index is -0.865. The Hall–Kier alpha value is -1.75. The van der Waals surface area contributed by atoms with Crippen LogP contribution in [0.4, 0.5) is 0 Å². The molecule has 0 saturated heterocycles. The summed E-state index contributed by atoms with van der Waals surface area (Å²) in [5.74, 6) is -1.62. The molecule has 0 aromatic carbocycles. The molecule has 2 atom stereocenters. The van der Waals surface area contributed by atoms with Crippen molar-refractivity contribution in [2.45, 2.75) is 32.4 Å². The van der Waals surface area contributed by atoms with E-state index in [1.54, 1.807) is 24.4 Å². The number of aryl methyl sites for hydroxylation is 1. The Bertz CT molecular complexity index is 551. The fourth-order valence-corrected chi connectivity index (χ4v) is 2.54. The van der Waals surface area contributed by atoms with Crippen molar-refractivity contribution in [1.29, 1.82) is 0 Å². The average molecular weight is 297 g/mol. The molecule has 2 rings (SSSR count). The highest BCUT2D eigenvalue weighted by molar-refractivity contribution is 6.31. The summed E-state index contributed by atoms with van der Waals surface area (Å²) in [4.78, 5) is 23.1. The molecule has 6 heteroatoms. The van der Waals surface area contributed by atoms with Gasteiger partial charge in [0.05, 0.1) is 10.9 Å². The van der Waals surface area contributed by atoms with Crippen molar-refractivity contribution in [3.8, 4) is 0 Å². The van der Waals surface area contributed by atoms with Crippen LogP contribution in [-0.4, -0.2) is 27.6 Å². The lowest BCUT2D eigenvalue weighted by Crippen LogP contribution is -2.34. The van der Waals surface area contributed by atoms with Crippen LogP contribution in [-0.2, 0) is 11.3 Å². The molecule has 108 valence electrons. The highest BCUT2D eigenvalue weighted by Crippen LogP contribution is 2.19. The third-order valence-corrected chi connectivity index (χ3v) is 3.48. The maximum Gasteiger partial charge on any atom is 0.310 e. The van der Waals surface area contributed by atoms with Gasteiger partial charge in [-0.3, -0.25) is 9.59 Å². The molecule has 0 spiro atoms. The summed E-state index contributed by atoms with van der Waals surface area (Å²) >= 11 is 5.93. The van der Waals surface area contributed by atoms with Crippen molar-refractivity contribution in [3.05, 3.63) is 35.1 Å². The first-order chi connectivity index (χ1) is 9.51. The molecule has 2 unspecified atom stereocenters. The molecule has 0 saturated carbocycles. The molecule has 20 heavy (non-hydrogen) atoms. The Morgan fingerprint density at radius 2 is 2.25 bits per heavy atom. The number of hydrogen-bond acceptors (Lipinski definition) is 2. The van der Waals surface area contributed by atoms with E-state index in [9.17, 15) is 9.59 Å². The first-order valence-corrected chi connectivity index (χ1v) is 6.96. The number of hydrogen-bond donors (Lipinski definition) is 2. The minimum absolute atomic E-state index is 0.231. The van der Waals surface area contributed by atoms with Crippen LogP contribution < -0.4 is 5.32 Å². The molecule has 0 aliphatic heterocycles. The zero-order valence-corrected chi connectivity index (χ0v) is 11.9. The Labute approximate surface area is 122 Å². The lowest BCUT2D eigenvalue weighted by molar-refractivity contribution is -0.140. The lowest BCUT2D eigenvalue weighted by atomic mass is 10.1. The molecule has 1 aromatic heterocycles. The van der Waals surface area contributed by atoms with Gasteiger partial charge in [-0.1, -0.05) is 30.7 Å². The Morgan fingerprint density at radius 3 is 2.85 bits per heavy atom. The van der Waals surface area contributed by atoms with Crippen molar-refractivity contribution in [3.63, 3.8) is 0 Å². The van der Waals surface area contributed by atoms with Gasteiger partial charge in [0, 0.05) is 18.8 Å². The smallest absolute Gasteiger partial charge is 0.310 e. The maximum absolute atomic E-state index is 12.2. The number of carboxylic acids is 1. The number of carbonyl (C=O) groups is 2. The number of nitrogens with one attached hydrogen (secondary N) is 1. The van der Waals surface area contributed by atoms with Crippen molar-refractivity contribution >= 4 is 23.5 Å². The van der Waals surface area contributed by atoms with Gasteiger partial charge in [0.2, 0.25) is 0 Å². The first-order valence-electron chi connectivity index (χ1n) is 6.59. The van der Waals surface area contributed by atoms with Crippen LogP contribution >= 0.6 is 11.6 Å². The van der Waals surface area contributed by atoms with Crippen molar-refractivity contribution in [1.82, 2.24) is 9.88 Å². The van der Waals surface area contributed by atoms with E-state index < -0.39 is 11.9 Å². The molecular formula is C14H17ClN2O3. The van der Waals surface area contributed by atoms with Gasteiger partial charge in [0.15, 0.2) is 0 Å². The summed E-state index contributed by atoms with van der Waals surface area (Å²) in [5.41, 5.74) is 0.504. The third kappa shape index (κ3) is 3.22. The van der Waals surface area contributed by atoms with E-state index in [2.05, 4.69) is 5.32 Å². The second-order valence-corrected chi connectivity index (χ2v) is 5.32. The molecule has 0 radical (unpaired) electrons. The summed E-state index contributed by atoms with van der Waals surface area (Å²) in [7, 11) is 0. The standard InChI is InChI=1S/C14H17ClN2O3/c1-2-5-17-8-10(15)7-12(17)13(18)16-11-4-3-9(6-11)14(19)20/h3-4,7-9,11H,2,5-6H2,1H3,(H,16,18)(H,19,20). The zero-order valence-electron chi connectivity index (χ0n) is 11.2. The van der Waals surface area contributed by atoms with E-state index >= 15 is 0 Å². The lowest BCUT2D eigenvalue weighted by Gasteiger charge is -2.13. The fourth-order valence-electron chi connectivity index (χ4n) is 2.32. The Kier molecular flexibility index (Phi) is 4.49. The fraction of sp³-hybridized carbons (Fsp3) is 0.429. The van der Waals surface area contributed by atoms with E-state index in [-0.39, 0.29) is 11.9 Å². The number of nitrogens with zero attached hydrogens (tertiary/aromatic N) is 1. The van der Waals surface area contributed by atoms with Gasteiger partial charge >= 0.3 is 5.97 Å². The van der Waals surface area contributed by atoms with E-state index in [0.29, 0.717) is 23.7 Å². The molecule has 1 aliphatic carbocycles. The summed E-state index contributed by atoms with van der Waals surface area (Å²) in [5, 5.41) is 12.3. The van der Waals surface area contributed by atoms with Crippen molar-refractivity contribution in [2.24, 2.45) is 5.92 Å². The van der Waals surface area contributed by atoms with Crippen LogP contribution in [0.3, 0.4) is 0 Å². The topological polar surface area (TPSA) is 71.3 Å². The highest BCUT2D eigenvalue weighted by atomic mass is 35.5. The number of carboxylic acid groups (broad SMARTS) is 1. The molecular weight excluding hydrogens is 280 g/mol. The number of aromatic nitrogens is 1. The third-order valence-electron chi connectivity index (χ3n) is 3.28. The minimum Gasteiger partial charge on any atom is -0.481 e. The van der Waals surface area contributed by atoms with Crippen LogP contribution in [0.25, 0.3) is 0 Å². The predicted molar refractivity (Wildman–Crippen MR) is 75.9 cm³/mol. The molecule has 1 heterocycles. The first kappa shape index (κ1) is 14.7. The second kappa shape index (κ2) is 6.13. The van der Waals surface area contributed by atoms with Gasteiger partial charge < -0.3 is 15.0 Å². The summed E-state index contributed by atoms with van der Waals surface area (Å²) in [6, 6.07) is 1.38. The van der Waals surface area contributed by atoms with Gasteiger partial charge in [0.1, 0.15) is 5.69 Å². The second-order valence-electron chi connectivity index (χ2n) is 4.88. The van der Waals surface area contributed by atoms with E-state index in [4.69, 9.17) is 16.7 Å². The van der Waals surface area contributed by atoms with Crippen LogP contribution in [0.5, 0.6) is 0 Å². The quantitative estimate of drug-likeness (QED) is 0.819. The molecule has 0 fully saturated rings. The number of rotatable bonds is 5. The van der Waals surface area contributed by atoms with Crippen LogP contribution in [0.2, 0.25) is 5.02 Å². The van der Waals surface area contributed by atoms with Gasteiger partial charge in [-0.2, -0.15) is 0 Å². The van der Waals surface area contributed by atoms with E-state index in [1.807, 2.05) is 11.5 Å². The van der Waals surface area contributed by atoms with Crippen LogP contribution in [0.15, 0.2) is 24.4 Å². The van der Waals surface area contributed by atoms with Gasteiger partial charge in [-0.25, -0.2) is 0 Å². The monoisotopic (exact) mass is 296 g/mol. The molecule has 1 aliphatic rings. The maximum atomic E-state index is 12.2. The Morgan fingerprint density at radius 1 is 1.50 bits per heavy atom. The summed E-state index contributed by atoms with van der Waals surface area (Å²) in [6.07, 6.45) is 6.36. The van der Waals surface area contributed by atoms with Crippen molar-refractivity contribution < 1.29 is 14.7 Å². The number of aliphatic carboxylic acids is 1. The van der Waals surface area contributed by atoms with E-state index in [0.717, 1.165) is 6.42 Å². The molecule has 2 N–H and O–H groups in total. The summed E-state index contributed by atoms with van der Waals surface area (Å²) < 4.78 is 1.81. The molecule has 1 aromatic rings. The molecule has 1 amide bonds. The largest absolute Gasteiger partial charge is 0.481 e. The van der Waals surface area contributed by atoms with Crippen LogP contribution in [0, 0.1) is 5.92 Å².